The molecule has 0 aromatic rings. The Morgan fingerprint density at radius 1 is 1.35 bits per heavy atom. The van der Waals surface area contributed by atoms with E-state index in [1.54, 1.807) is 0 Å². The molecule has 0 N–H and O–H groups in total. The van der Waals surface area contributed by atoms with Crippen LogP contribution >= 0.6 is 0 Å². The highest BCUT2D eigenvalue weighted by Gasteiger charge is 2.50. The topological polar surface area (TPSA) is 38.8 Å². The summed E-state index contributed by atoms with van der Waals surface area (Å²) in [4.78, 5) is 14.4. The first-order valence-corrected chi connectivity index (χ1v) is 6.54. The predicted octanol–water partition coefficient (Wildman–Crippen LogP) is 1.05. The largest absolute Gasteiger partial charge is 0.376 e. The van der Waals surface area contributed by atoms with Crippen molar-refractivity contribution in [3.8, 4) is 0 Å². The van der Waals surface area contributed by atoms with Crippen LogP contribution < -0.4 is 0 Å². The molecule has 1 aliphatic carbocycles. The molecule has 0 unspecified atom stereocenters. The Bertz CT molecular complexity index is 342. The van der Waals surface area contributed by atoms with Gasteiger partial charge in [-0.1, -0.05) is 6.92 Å². The molecule has 1 saturated carbocycles. The van der Waals surface area contributed by atoms with Crippen molar-refractivity contribution in [1.82, 2.24) is 4.90 Å². The molecule has 0 aromatic carbocycles. The third kappa shape index (κ3) is 1.97. The van der Waals surface area contributed by atoms with Crippen LogP contribution in [-0.4, -0.2) is 48.3 Å². The fraction of sp³-hybridized carbons (Fsp3) is 0.923. The Kier molecular flexibility index (Phi) is 2.49. The van der Waals surface area contributed by atoms with E-state index >= 15 is 0 Å². The van der Waals surface area contributed by atoms with Crippen molar-refractivity contribution < 1.29 is 14.3 Å². The zero-order valence-corrected chi connectivity index (χ0v) is 10.8. The molecule has 2 aliphatic heterocycles. The maximum Gasteiger partial charge on any atom is 0.226 e. The molecule has 0 spiro atoms. The number of carbonyl (C=O) groups excluding carboxylic acids is 1. The van der Waals surface area contributed by atoms with Gasteiger partial charge >= 0.3 is 0 Å². The third-order valence-electron chi connectivity index (χ3n) is 4.13. The summed E-state index contributed by atoms with van der Waals surface area (Å²) in [5.74, 6) is 1.13. The second-order valence-electron chi connectivity index (χ2n) is 6.31. The summed E-state index contributed by atoms with van der Waals surface area (Å²) in [6.45, 7) is 8.21. The van der Waals surface area contributed by atoms with Gasteiger partial charge in [0.1, 0.15) is 6.10 Å². The van der Waals surface area contributed by atoms with Gasteiger partial charge in [0.05, 0.1) is 24.9 Å². The molecular formula is C13H21NO3. The van der Waals surface area contributed by atoms with Crippen LogP contribution in [0, 0.1) is 11.8 Å². The summed E-state index contributed by atoms with van der Waals surface area (Å²) in [5, 5.41) is 0. The average molecular weight is 239 g/mol. The average Bonchev–Trinajstić information content (AvgIpc) is 2.79. The number of fused-ring (bicyclic) bond motifs is 1. The highest BCUT2D eigenvalue weighted by atomic mass is 16.6. The van der Waals surface area contributed by atoms with Gasteiger partial charge in [0.2, 0.25) is 5.91 Å². The lowest BCUT2D eigenvalue weighted by atomic mass is 10.00. The summed E-state index contributed by atoms with van der Waals surface area (Å²) in [6, 6.07) is 0.142. The van der Waals surface area contributed by atoms with Gasteiger partial charge in [0.15, 0.2) is 0 Å². The van der Waals surface area contributed by atoms with E-state index in [1.165, 1.54) is 0 Å². The molecule has 17 heavy (non-hydrogen) atoms. The molecule has 2 heterocycles. The molecule has 1 amide bonds. The van der Waals surface area contributed by atoms with Crippen LogP contribution in [-0.2, 0) is 14.3 Å². The van der Waals surface area contributed by atoms with Gasteiger partial charge in [-0.15, -0.1) is 0 Å². The molecule has 3 rings (SSSR count). The first-order chi connectivity index (χ1) is 7.98. The van der Waals surface area contributed by atoms with E-state index in [-0.39, 0.29) is 23.7 Å². The molecule has 4 nitrogen and oxygen atoms in total. The molecule has 3 fully saturated rings. The zero-order valence-electron chi connectivity index (χ0n) is 10.8. The lowest BCUT2D eigenvalue weighted by molar-refractivity contribution is -0.170. The molecule has 0 radical (unpaired) electrons. The fourth-order valence-electron chi connectivity index (χ4n) is 3.02. The van der Waals surface area contributed by atoms with Gasteiger partial charge in [0, 0.05) is 12.5 Å². The summed E-state index contributed by atoms with van der Waals surface area (Å²) < 4.78 is 11.5. The van der Waals surface area contributed by atoms with Gasteiger partial charge in [-0.2, -0.15) is 0 Å². The van der Waals surface area contributed by atoms with Crippen molar-refractivity contribution in [3.63, 3.8) is 0 Å². The quantitative estimate of drug-likeness (QED) is 0.686. The number of hydrogen-bond acceptors (Lipinski definition) is 3. The van der Waals surface area contributed by atoms with Gasteiger partial charge in [-0.05, 0) is 26.2 Å². The van der Waals surface area contributed by atoms with E-state index in [9.17, 15) is 4.79 Å². The highest BCUT2D eigenvalue weighted by Crippen LogP contribution is 2.41. The maximum absolute atomic E-state index is 12.4. The van der Waals surface area contributed by atoms with Crippen LogP contribution in [0.5, 0.6) is 0 Å². The van der Waals surface area contributed by atoms with Crippen LogP contribution in [0.25, 0.3) is 0 Å². The van der Waals surface area contributed by atoms with Crippen molar-refractivity contribution in [2.75, 3.05) is 19.8 Å². The number of carbonyl (C=O) groups is 1. The Morgan fingerprint density at radius 2 is 2.06 bits per heavy atom. The van der Waals surface area contributed by atoms with Crippen LogP contribution in [0.1, 0.15) is 27.2 Å². The SMILES string of the molecule is C[C@@H]1C[C@H]1C(=O)N1CC(C)(C)O[C@@H]2COC[C@H]21. The van der Waals surface area contributed by atoms with Gasteiger partial charge < -0.3 is 14.4 Å². The minimum absolute atomic E-state index is 0.0664. The van der Waals surface area contributed by atoms with Gasteiger partial charge in [-0.25, -0.2) is 0 Å². The number of amides is 1. The number of nitrogens with zero attached hydrogens (tertiary/aromatic N) is 1. The first-order valence-electron chi connectivity index (χ1n) is 6.54. The standard InChI is InChI=1S/C13H21NO3/c1-8-4-9(8)12(15)14-7-13(2,3)17-11-6-16-5-10(11)14/h8-11H,4-7H2,1-3H3/t8-,9-,10-,11-/m1/s1. The Labute approximate surface area is 102 Å². The number of hydrogen-bond donors (Lipinski definition) is 0. The third-order valence-corrected chi connectivity index (χ3v) is 4.13. The van der Waals surface area contributed by atoms with E-state index in [2.05, 4.69) is 20.8 Å². The molecule has 4 atom stereocenters. The van der Waals surface area contributed by atoms with E-state index in [0.29, 0.717) is 31.6 Å². The van der Waals surface area contributed by atoms with Gasteiger partial charge in [-0.3, -0.25) is 4.79 Å². The number of morpholine rings is 1. The van der Waals surface area contributed by atoms with Crippen molar-refractivity contribution in [1.29, 1.82) is 0 Å². The molecule has 3 aliphatic rings. The van der Waals surface area contributed by atoms with Crippen molar-refractivity contribution >= 4 is 5.91 Å². The Morgan fingerprint density at radius 3 is 2.71 bits per heavy atom. The van der Waals surface area contributed by atoms with Crippen LogP contribution in [0.15, 0.2) is 0 Å². The molecule has 96 valence electrons. The smallest absolute Gasteiger partial charge is 0.226 e. The summed E-state index contributed by atoms with van der Waals surface area (Å²) in [5.41, 5.74) is -0.247. The first kappa shape index (κ1) is 11.5. The number of rotatable bonds is 1. The normalized spacial score (nSPS) is 43.4. The number of ether oxygens (including phenoxy) is 2. The van der Waals surface area contributed by atoms with Crippen LogP contribution in [0.4, 0.5) is 0 Å². The molecule has 2 saturated heterocycles. The summed E-state index contributed by atoms with van der Waals surface area (Å²) >= 11 is 0. The second kappa shape index (κ2) is 3.69. The highest BCUT2D eigenvalue weighted by molar-refractivity contribution is 5.82. The zero-order chi connectivity index (χ0) is 12.2. The molecule has 0 aromatic heterocycles. The lowest BCUT2D eigenvalue weighted by Crippen LogP contribution is -2.60. The van der Waals surface area contributed by atoms with Gasteiger partial charge in [0.25, 0.3) is 0 Å². The summed E-state index contributed by atoms with van der Waals surface area (Å²) in [6.07, 6.45) is 1.12. The van der Waals surface area contributed by atoms with E-state index in [0.717, 1.165) is 6.42 Å². The minimum atomic E-state index is -0.247. The maximum atomic E-state index is 12.4. The van der Waals surface area contributed by atoms with Crippen molar-refractivity contribution in [2.24, 2.45) is 11.8 Å². The predicted molar refractivity (Wildman–Crippen MR) is 62.5 cm³/mol. The van der Waals surface area contributed by atoms with Crippen molar-refractivity contribution in [2.45, 2.75) is 44.9 Å². The minimum Gasteiger partial charge on any atom is -0.376 e. The second-order valence-corrected chi connectivity index (χ2v) is 6.31. The van der Waals surface area contributed by atoms with Crippen LogP contribution in [0.3, 0.4) is 0 Å². The monoisotopic (exact) mass is 239 g/mol. The van der Waals surface area contributed by atoms with E-state index in [4.69, 9.17) is 9.47 Å². The molecular weight excluding hydrogens is 218 g/mol. The fourth-order valence-corrected chi connectivity index (χ4v) is 3.02. The molecule has 4 heteroatoms. The Hall–Kier alpha value is -0.610. The van der Waals surface area contributed by atoms with E-state index < -0.39 is 0 Å². The lowest BCUT2D eigenvalue weighted by Gasteiger charge is -2.45. The summed E-state index contributed by atoms with van der Waals surface area (Å²) in [7, 11) is 0. The van der Waals surface area contributed by atoms with Crippen molar-refractivity contribution in [3.05, 3.63) is 0 Å². The Balaban J connectivity index is 1.78. The molecule has 0 bridgehead atoms. The van der Waals surface area contributed by atoms with E-state index in [1.807, 2.05) is 4.90 Å². The van der Waals surface area contributed by atoms with Crippen LogP contribution in [0.2, 0.25) is 0 Å².